The number of methoxy groups -OCH3 is 1. The first-order valence-corrected chi connectivity index (χ1v) is 6.66. The van der Waals surface area contributed by atoms with Gasteiger partial charge in [-0.15, -0.1) is 0 Å². The molecule has 0 amide bonds. The molecule has 0 bridgehead atoms. The fourth-order valence-electron chi connectivity index (χ4n) is 2.18. The van der Waals surface area contributed by atoms with Crippen molar-refractivity contribution < 1.29 is 4.74 Å². The van der Waals surface area contributed by atoms with E-state index < -0.39 is 0 Å². The summed E-state index contributed by atoms with van der Waals surface area (Å²) in [5, 5.41) is 3.39. The summed E-state index contributed by atoms with van der Waals surface area (Å²) >= 11 is 0. The van der Waals surface area contributed by atoms with Crippen molar-refractivity contribution in [3.8, 4) is 0 Å². The Balaban J connectivity index is 1.99. The lowest BCUT2D eigenvalue weighted by Gasteiger charge is -2.18. The highest BCUT2D eigenvalue weighted by atomic mass is 16.5. The molecule has 1 N–H and O–H groups in total. The summed E-state index contributed by atoms with van der Waals surface area (Å²) in [6.07, 6.45) is 1.44. The highest BCUT2D eigenvalue weighted by Crippen LogP contribution is 2.19. The number of anilines is 1. The van der Waals surface area contributed by atoms with Crippen LogP contribution < -0.4 is 10.2 Å². The minimum atomic E-state index is 0.351. The largest absolute Gasteiger partial charge is 0.380 e. The van der Waals surface area contributed by atoms with Gasteiger partial charge in [0.05, 0.1) is 11.8 Å². The van der Waals surface area contributed by atoms with E-state index in [4.69, 9.17) is 9.72 Å². The van der Waals surface area contributed by atoms with E-state index in [1.807, 2.05) is 0 Å². The first-order chi connectivity index (χ1) is 8.69. The molecule has 0 spiro atoms. The Hall–Kier alpha value is -1.13. The van der Waals surface area contributed by atoms with Crippen molar-refractivity contribution in [1.82, 2.24) is 10.3 Å². The van der Waals surface area contributed by atoms with Gasteiger partial charge in [-0.3, -0.25) is 0 Å². The van der Waals surface area contributed by atoms with Crippen LogP contribution in [0.3, 0.4) is 0 Å². The van der Waals surface area contributed by atoms with Crippen LogP contribution in [0, 0.1) is 0 Å². The molecular weight excluding hydrogens is 226 g/mol. The number of nitrogens with zero attached hydrogens (tertiary/aromatic N) is 2. The molecule has 0 radical (unpaired) electrons. The van der Waals surface area contributed by atoms with Crippen molar-refractivity contribution in [2.75, 3.05) is 25.1 Å². The summed E-state index contributed by atoms with van der Waals surface area (Å²) in [6, 6.07) is 6.72. The van der Waals surface area contributed by atoms with Crippen molar-refractivity contribution in [3.05, 3.63) is 23.9 Å². The molecule has 0 aliphatic carbocycles. The van der Waals surface area contributed by atoms with Gasteiger partial charge in [0.15, 0.2) is 0 Å². The lowest BCUT2D eigenvalue weighted by atomic mass is 10.3. The molecule has 2 heterocycles. The molecule has 0 aromatic carbocycles. The van der Waals surface area contributed by atoms with E-state index in [-0.39, 0.29) is 0 Å². The molecule has 2 rings (SSSR count). The van der Waals surface area contributed by atoms with Gasteiger partial charge >= 0.3 is 0 Å². The van der Waals surface area contributed by atoms with Gasteiger partial charge in [-0.2, -0.15) is 0 Å². The second-order valence-electron chi connectivity index (χ2n) is 5.12. The van der Waals surface area contributed by atoms with Crippen molar-refractivity contribution >= 4 is 5.82 Å². The van der Waals surface area contributed by atoms with Crippen LogP contribution in [0.5, 0.6) is 0 Å². The van der Waals surface area contributed by atoms with Crippen LogP contribution in [0.15, 0.2) is 18.2 Å². The third kappa shape index (κ3) is 3.43. The van der Waals surface area contributed by atoms with Crippen LogP contribution in [-0.4, -0.2) is 37.3 Å². The van der Waals surface area contributed by atoms with E-state index in [1.165, 1.54) is 0 Å². The molecule has 0 saturated carbocycles. The summed E-state index contributed by atoms with van der Waals surface area (Å²) < 4.78 is 5.39. The Bertz CT molecular complexity index is 381. The summed E-state index contributed by atoms with van der Waals surface area (Å²) in [4.78, 5) is 7.00. The maximum Gasteiger partial charge on any atom is 0.128 e. The topological polar surface area (TPSA) is 37.4 Å². The van der Waals surface area contributed by atoms with Crippen molar-refractivity contribution in [3.63, 3.8) is 0 Å². The normalized spacial score (nSPS) is 19.8. The van der Waals surface area contributed by atoms with Gasteiger partial charge in [-0.05, 0) is 18.6 Å². The van der Waals surface area contributed by atoms with Gasteiger partial charge in [0.1, 0.15) is 5.82 Å². The second-order valence-corrected chi connectivity index (χ2v) is 5.12. The lowest BCUT2D eigenvalue weighted by molar-refractivity contribution is 0.121. The zero-order chi connectivity index (χ0) is 13.0. The maximum atomic E-state index is 5.39. The molecule has 1 atom stereocenters. The number of aromatic nitrogens is 1. The Kier molecular flexibility index (Phi) is 4.55. The van der Waals surface area contributed by atoms with E-state index in [1.54, 1.807) is 7.11 Å². The zero-order valence-corrected chi connectivity index (χ0v) is 11.5. The first kappa shape index (κ1) is 13.3. The summed E-state index contributed by atoms with van der Waals surface area (Å²) in [6.45, 7) is 7.10. The fraction of sp³-hybridized carbons (Fsp3) is 0.643. The predicted molar refractivity (Wildman–Crippen MR) is 73.8 cm³/mol. The predicted octanol–water partition coefficient (Wildman–Crippen LogP) is 1.80. The third-order valence-electron chi connectivity index (χ3n) is 3.29. The molecule has 100 valence electrons. The van der Waals surface area contributed by atoms with E-state index >= 15 is 0 Å². The molecule has 4 heteroatoms. The summed E-state index contributed by atoms with van der Waals surface area (Å²) in [7, 11) is 1.78. The van der Waals surface area contributed by atoms with Gasteiger partial charge in [0.25, 0.3) is 0 Å². The van der Waals surface area contributed by atoms with Crippen LogP contribution in [0.25, 0.3) is 0 Å². The standard InChI is InChI=1S/C14H23N3O/c1-11(2)15-9-12-5-4-6-14(16-12)17-8-7-13(10-17)18-3/h4-6,11,13,15H,7-10H2,1-3H3. The highest BCUT2D eigenvalue weighted by molar-refractivity contribution is 5.40. The number of hydrogen-bond donors (Lipinski definition) is 1. The van der Waals surface area contributed by atoms with Crippen molar-refractivity contribution in [1.29, 1.82) is 0 Å². The van der Waals surface area contributed by atoms with Gasteiger partial charge in [-0.1, -0.05) is 19.9 Å². The Labute approximate surface area is 109 Å². The average Bonchev–Trinajstić information content (AvgIpc) is 2.85. The van der Waals surface area contributed by atoms with Gasteiger partial charge in [0.2, 0.25) is 0 Å². The van der Waals surface area contributed by atoms with Crippen LogP contribution in [0.2, 0.25) is 0 Å². The minimum Gasteiger partial charge on any atom is -0.380 e. The number of rotatable bonds is 5. The maximum absolute atomic E-state index is 5.39. The van der Waals surface area contributed by atoms with E-state index in [9.17, 15) is 0 Å². The molecule has 1 aromatic heterocycles. The number of hydrogen-bond acceptors (Lipinski definition) is 4. The van der Waals surface area contributed by atoms with E-state index in [0.29, 0.717) is 12.1 Å². The summed E-state index contributed by atoms with van der Waals surface area (Å²) in [5.41, 5.74) is 1.10. The SMILES string of the molecule is COC1CCN(c2cccc(CNC(C)C)n2)C1. The molecule has 1 unspecified atom stereocenters. The van der Waals surface area contributed by atoms with E-state index in [2.05, 4.69) is 42.3 Å². The summed E-state index contributed by atoms with van der Waals surface area (Å²) in [5.74, 6) is 1.07. The Morgan fingerprint density at radius 1 is 1.50 bits per heavy atom. The zero-order valence-electron chi connectivity index (χ0n) is 11.5. The smallest absolute Gasteiger partial charge is 0.128 e. The Morgan fingerprint density at radius 3 is 3.00 bits per heavy atom. The highest BCUT2D eigenvalue weighted by Gasteiger charge is 2.22. The van der Waals surface area contributed by atoms with Crippen molar-refractivity contribution in [2.45, 2.75) is 39.0 Å². The molecule has 4 nitrogen and oxygen atoms in total. The van der Waals surface area contributed by atoms with Gasteiger partial charge in [-0.25, -0.2) is 4.98 Å². The van der Waals surface area contributed by atoms with Crippen molar-refractivity contribution in [2.24, 2.45) is 0 Å². The molecule has 1 aliphatic heterocycles. The number of pyridine rings is 1. The average molecular weight is 249 g/mol. The number of ether oxygens (including phenoxy) is 1. The molecular formula is C14H23N3O. The molecule has 1 aliphatic rings. The monoisotopic (exact) mass is 249 g/mol. The van der Waals surface area contributed by atoms with Gasteiger partial charge in [0, 0.05) is 32.8 Å². The molecule has 1 saturated heterocycles. The molecule has 18 heavy (non-hydrogen) atoms. The van der Waals surface area contributed by atoms with Crippen LogP contribution >= 0.6 is 0 Å². The molecule has 1 fully saturated rings. The van der Waals surface area contributed by atoms with Crippen LogP contribution in [0.4, 0.5) is 5.82 Å². The molecule has 1 aromatic rings. The van der Waals surface area contributed by atoms with Crippen LogP contribution in [0.1, 0.15) is 26.0 Å². The van der Waals surface area contributed by atoms with Gasteiger partial charge < -0.3 is 15.0 Å². The fourth-order valence-corrected chi connectivity index (χ4v) is 2.18. The number of nitrogens with one attached hydrogen (secondary N) is 1. The van der Waals surface area contributed by atoms with Crippen LogP contribution in [-0.2, 0) is 11.3 Å². The third-order valence-corrected chi connectivity index (χ3v) is 3.29. The Morgan fingerprint density at radius 2 is 2.33 bits per heavy atom. The quantitative estimate of drug-likeness (QED) is 0.863. The second kappa shape index (κ2) is 6.16. The first-order valence-electron chi connectivity index (χ1n) is 6.66. The minimum absolute atomic E-state index is 0.351. The van der Waals surface area contributed by atoms with E-state index in [0.717, 1.165) is 37.6 Å². The lowest BCUT2D eigenvalue weighted by Crippen LogP contribution is -2.25.